The fourth-order valence-corrected chi connectivity index (χ4v) is 2.86. The molecule has 1 aromatic carbocycles. The highest BCUT2D eigenvalue weighted by atomic mass is 19.3. The zero-order chi connectivity index (χ0) is 18.1. The molecule has 0 spiro atoms. The molecule has 0 aliphatic carbocycles. The molecule has 140 valence electrons. The minimum absolute atomic E-state index is 0.00570. The molecular weight excluding hydrogens is 326 g/mol. The summed E-state index contributed by atoms with van der Waals surface area (Å²) in [7, 11) is 1.73. The van der Waals surface area contributed by atoms with E-state index in [4.69, 9.17) is 4.74 Å². The maximum absolute atomic E-state index is 12.4. The van der Waals surface area contributed by atoms with Crippen molar-refractivity contribution < 1.29 is 13.5 Å². The molecule has 1 unspecified atom stereocenters. The molecule has 0 amide bonds. The van der Waals surface area contributed by atoms with Crippen LogP contribution in [0.15, 0.2) is 35.3 Å². The SMILES string of the molecule is CN=C(NCC(C)Oc1ccccc1)NC1CCN(CC(F)F)CC1. The van der Waals surface area contributed by atoms with Gasteiger partial charge in [-0.3, -0.25) is 9.89 Å². The fraction of sp³-hybridized carbons (Fsp3) is 0.611. The highest BCUT2D eigenvalue weighted by Crippen LogP contribution is 2.12. The van der Waals surface area contributed by atoms with Crippen molar-refractivity contribution in [2.75, 3.05) is 33.2 Å². The highest BCUT2D eigenvalue weighted by Gasteiger charge is 2.22. The first-order chi connectivity index (χ1) is 12.1. The summed E-state index contributed by atoms with van der Waals surface area (Å²) < 4.78 is 30.7. The maximum Gasteiger partial charge on any atom is 0.251 e. The van der Waals surface area contributed by atoms with Crippen LogP contribution in [0.1, 0.15) is 19.8 Å². The molecule has 7 heteroatoms. The van der Waals surface area contributed by atoms with Gasteiger partial charge in [0.05, 0.1) is 13.1 Å². The van der Waals surface area contributed by atoms with Crippen LogP contribution < -0.4 is 15.4 Å². The average molecular weight is 354 g/mol. The van der Waals surface area contributed by atoms with Gasteiger partial charge in [0.15, 0.2) is 5.96 Å². The van der Waals surface area contributed by atoms with E-state index in [1.165, 1.54) is 0 Å². The topological polar surface area (TPSA) is 48.9 Å². The second-order valence-electron chi connectivity index (χ2n) is 6.30. The monoisotopic (exact) mass is 354 g/mol. The number of nitrogens with one attached hydrogen (secondary N) is 2. The van der Waals surface area contributed by atoms with Gasteiger partial charge in [-0.2, -0.15) is 0 Å². The maximum atomic E-state index is 12.4. The summed E-state index contributed by atoms with van der Waals surface area (Å²) in [5.41, 5.74) is 0. The van der Waals surface area contributed by atoms with Crippen LogP contribution >= 0.6 is 0 Å². The van der Waals surface area contributed by atoms with Crippen molar-refractivity contribution in [3.8, 4) is 5.75 Å². The van der Waals surface area contributed by atoms with Gasteiger partial charge in [0.2, 0.25) is 0 Å². The Bertz CT molecular complexity index is 519. The van der Waals surface area contributed by atoms with E-state index >= 15 is 0 Å². The molecule has 1 aromatic rings. The van der Waals surface area contributed by atoms with Gasteiger partial charge >= 0.3 is 0 Å². The van der Waals surface area contributed by atoms with Gasteiger partial charge in [-0.15, -0.1) is 0 Å². The van der Waals surface area contributed by atoms with Crippen molar-refractivity contribution >= 4 is 5.96 Å². The largest absolute Gasteiger partial charge is 0.489 e. The Balaban J connectivity index is 1.69. The third-order valence-electron chi connectivity index (χ3n) is 4.19. The summed E-state index contributed by atoms with van der Waals surface area (Å²) >= 11 is 0. The van der Waals surface area contributed by atoms with Crippen molar-refractivity contribution in [3.63, 3.8) is 0 Å². The zero-order valence-corrected chi connectivity index (χ0v) is 14.9. The summed E-state index contributed by atoms with van der Waals surface area (Å²) in [5.74, 6) is 1.56. The Labute approximate surface area is 148 Å². The molecule has 0 radical (unpaired) electrons. The van der Waals surface area contributed by atoms with Crippen LogP contribution in [0.5, 0.6) is 5.75 Å². The molecule has 2 rings (SSSR count). The van der Waals surface area contributed by atoms with Gasteiger partial charge in [0.25, 0.3) is 6.43 Å². The predicted octanol–water partition coefficient (Wildman–Crippen LogP) is 2.35. The molecule has 2 N–H and O–H groups in total. The van der Waals surface area contributed by atoms with E-state index in [0.29, 0.717) is 19.6 Å². The number of piperidine rings is 1. The number of ether oxygens (including phenoxy) is 1. The Hall–Kier alpha value is -1.89. The molecular formula is C18H28F2N4O. The Morgan fingerprint density at radius 2 is 1.96 bits per heavy atom. The minimum atomic E-state index is -2.26. The van der Waals surface area contributed by atoms with Crippen molar-refractivity contribution in [1.29, 1.82) is 0 Å². The summed E-state index contributed by atoms with van der Waals surface area (Å²) in [6, 6.07) is 9.94. The molecule has 0 saturated carbocycles. The second kappa shape index (κ2) is 10.2. The standard InChI is InChI=1S/C18H28F2N4O/c1-14(25-16-6-4-3-5-7-16)12-22-18(21-2)23-15-8-10-24(11-9-15)13-17(19)20/h3-7,14-15,17H,8-13H2,1-2H3,(H2,21,22,23). The number of guanidine groups is 1. The zero-order valence-electron chi connectivity index (χ0n) is 14.9. The number of hydrogen-bond donors (Lipinski definition) is 2. The van der Waals surface area contributed by atoms with Gasteiger partial charge in [-0.05, 0) is 31.9 Å². The third kappa shape index (κ3) is 7.25. The van der Waals surface area contributed by atoms with E-state index in [1.807, 2.05) is 42.2 Å². The predicted molar refractivity (Wildman–Crippen MR) is 96.5 cm³/mol. The van der Waals surface area contributed by atoms with Gasteiger partial charge in [-0.25, -0.2) is 8.78 Å². The van der Waals surface area contributed by atoms with Crippen molar-refractivity contribution in [2.24, 2.45) is 4.99 Å². The summed E-state index contributed by atoms with van der Waals surface area (Å²) in [4.78, 5) is 6.05. The first kappa shape index (κ1) is 19.4. The number of halogens is 2. The van der Waals surface area contributed by atoms with E-state index in [0.717, 1.165) is 24.6 Å². The van der Waals surface area contributed by atoms with Crippen molar-refractivity contribution in [1.82, 2.24) is 15.5 Å². The average Bonchev–Trinajstić information content (AvgIpc) is 2.60. The Morgan fingerprint density at radius 1 is 1.28 bits per heavy atom. The van der Waals surface area contributed by atoms with Crippen molar-refractivity contribution in [3.05, 3.63) is 30.3 Å². The molecule has 1 heterocycles. The highest BCUT2D eigenvalue weighted by molar-refractivity contribution is 5.80. The first-order valence-corrected chi connectivity index (χ1v) is 8.76. The van der Waals surface area contributed by atoms with Crippen LogP contribution in [0.25, 0.3) is 0 Å². The second-order valence-corrected chi connectivity index (χ2v) is 6.30. The smallest absolute Gasteiger partial charge is 0.251 e. The van der Waals surface area contributed by atoms with Crippen LogP contribution in [-0.2, 0) is 0 Å². The molecule has 1 aliphatic rings. The third-order valence-corrected chi connectivity index (χ3v) is 4.19. The number of benzene rings is 1. The lowest BCUT2D eigenvalue weighted by Crippen LogP contribution is -2.50. The molecule has 0 bridgehead atoms. The quantitative estimate of drug-likeness (QED) is 0.583. The normalized spacial score (nSPS) is 18.2. The number of aliphatic imine (C=N–C) groups is 1. The van der Waals surface area contributed by atoms with Crippen molar-refractivity contribution in [2.45, 2.75) is 38.3 Å². The van der Waals surface area contributed by atoms with E-state index in [1.54, 1.807) is 7.05 Å². The van der Waals surface area contributed by atoms with Gasteiger partial charge in [0.1, 0.15) is 11.9 Å². The van der Waals surface area contributed by atoms with Crippen LogP contribution in [0.2, 0.25) is 0 Å². The van der Waals surface area contributed by atoms with Crippen LogP contribution in [0.4, 0.5) is 8.78 Å². The molecule has 1 atom stereocenters. The minimum Gasteiger partial charge on any atom is -0.489 e. The lowest BCUT2D eigenvalue weighted by atomic mass is 10.1. The number of rotatable bonds is 7. The first-order valence-electron chi connectivity index (χ1n) is 8.76. The van der Waals surface area contributed by atoms with Gasteiger partial charge < -0.3 is 15.4 Å². The lowest BCUT2D eigenvalue weighted by molar-refractivity contribution is 0.0744. The van der Waals surface area contributed by atoms with E-state index in [9.17, 15) is 8.78 Å². The Kier molecular flexibility index (Phi) is 7.91. The van der Waals surface area contributed by atoms with E-state index in [2.05, 4.69) is 15.6 Å². The number of hydrogen-bond acceptors (Lipinski definition) is 3. The van der Waals surface area contributed by atoms with E-state index in [-0.39, 0.29) is 18.7 Å². The van der Waals surface area contributed by atoms with Crippen LogP contribution in [0, 0.1) is 0 Å². The summed E-state index contributed by atoms with van der Waals surface area (Å²) in [6.45, 7) is 3.86. The molecule has 1 aliphatic heterocycles. The fourth-order valence-electron chi connectivity index (χ4n) is 2.86. The number of para-hydroxylation sites is 1. The molecule has 1 saturated heterocycles. The van der Waals surface area contributed by atoms with Crippen LogP contribution in [0.3, 0.4) is 0 Å². The van der Waals surface area contributed by atoms with Crippen LogP contribution in [-0.4, -0.2) is 62.7 Å². The number of nitrogens with zero attached hydrogens (tertiary/aromatic N) is 2. The molecule has 0 aromatic heterocycles. The molecule has 5 nitrogen and oxygen atoms in total. The van der Waals surface area contributed by atoms with Gasteiger partial charge in [-0.1, -0.05) is 18.2 Å². The Morgan fingerprint density at radius 3 is 2.56 bits per heavy atom. The molecule has 1 fully saturated rings. The number of likely N-dealkylation sites (tertiary alicyclic amines) is 1. The summed E-state index contributed by atoms with van der Waals surface area (Å²) in [5, 5.41) is 6.63. The van der Waals surface area contributed by atoms with E-state index < -0.39 is 6.43 Å². The number of alkyl halides is 2. The van der Waals surface area contributed by atoms with Gasteiger partial charge in [0, 0.05) is 26.2 Å². The lowest BCUT2D eigenvalue weighted by Gasteiger charge is -2.32. The summed E-state index contributed by atoms with van der Waals surface area (Å²) in [6.07, 6.45) is -0.591. The molecule has 25 heavy (non-hydrogen) atoms.